The summed E-state index contributed by atoms with van der Waals surface area (Å²) in [6.45, 7) is 5.80. The van der Waals surface area contributed by atoms with Crippen molar-refractivity contribution in [2.45, 2.75) is 70.8 Å². The number of nitrogens with zero attached hydrogens (tertiary/aromatic N) is 1. The van der Waals surface area contributed by atoms with E-state index in [1.807, 2.05) is 23.1 Å². The fourth-order valence-corrected chi connectivity index (χ4v) is 7.11. The maximum absolute atomic E-state index is 14.0. The van der Waals surface area contributed by atoms with E-state index >= 15 is 0 Å². The van der Waals surface area contributed by atoms with Crippen molar-refractivity contribution < 1.29 is 9.59 Å². The molecule has 0 radical (unpaired) electrons. The third-order valence-electron chi connectivity index (χ3n) is 8.77. The van der Waals surface area contributed by atoms with Gasteiger partial charge in [-0.25, -0.2) is 0 Å². The van der Waals surface area contributed by atoms with Crippen LogP contribution in [0.4, 0.5) is 0 Å². The zero-order valence-electron chi connectivity index (χ0n) is 21.3. The zero-order chi connectivity index (χ0) is 24.4. The number of benzene rings is 2. The minimum absolute atomic E-state index is 0.0734. The number of rotatable bonds is 7. The third-order valence-corrected chi connectivity index (χ3v) is 8.77. The molecule has 2 aliphatic carbocycles. The molecule has 1 saturated heterocycles. The van der Waals surface area contributed by atoms with E-state index in [1.165, 1.54) is 16.7 Å². The molecule has 0 unspecified atom stereocenters. The Morgan fingerprint density at radius 1 is 1.00 bits per heavy atom. The molecule has 4 nitrogen and oxygen atoms in total. The molecule has 4 heteroatoms. The monoisotopic (exact) mass is 472 g/mol. The topological polar surface area (TPSA) is 49.4 Å². The molecule has 1 saturated carbocycles. The summed E-state index contributed by atoms with van der Waals surface area (Å²) in [7, 11) is 0. The molecule has 5 rings (SSSR count). The Morgan fingerprint density at radius 3 is 2.40 bits per heavy atom. The number of amides is 2. The number of fused-ring (bicyclic) bond motifs is 2. The van der Waals surface area contributed by atoms with Crippen LogP contribution >= 0.6 is 0 Å². The summed E-state index contributed by atoms with van der Waals surface area (Å²) in [5, 5.41) is 3.28. The smallest absolute Gasteiger partial charge is 0.246 e. The molecular formula is C31H40N2O2. The highest BCUT2D eigenvalue weighted by atomic mass is 16.2. The van der Waals surface area contributed by atoms with E-state index < -0.39 is 5.54 Å². The Bertz CT molecular complexity index is 1050. The van der Waals surface area contributed by atoms with E-state index in [2.05, 4.69) is 55.6 Å². The van der Waals surface area contributed by atoms with Crippen LogP contribution in [0.3, 0.4) is 0 Å². The minimum atomic E-state index is -0.701. The third kappa shape index (κ3) is 5.03. The maximum Gasteiger partial charge on any atom is 0.246 e. The van der Waals surface area contributed by atoms with Crippen LogP contribution in [0.25, 0.3) is 0 Å². The quantitative estimate of drug-likeness (QED) is 0.603. The van der Waals surface area contributed by atoms with E-state index in [0.717, 1.165) is 51.5 Å². The van der Waals surface area contributed by atoms with Gasteiger partial charge in [-0.2, -0.15) is 0 Å². The molecule has 186 valence electrons. The molecule has 3 aliphatic rings. The van der Waals surface area contributed by atoms with Crippen molar-refractivity contribution in [3.63, 3.8) is 0 Å². The molecule has 1 heterocycles. The molecule has 0 spiro atoms. The first-order valence-electron chi connectivity index (χ1n) is 13.6. The van der Waals surface area contributed by atoms with Gasteiger partial charge in [-0.15, -0.1) is 0 Å². The zero-order valence-corrected chi connectivity index (χ0v) is 21.3. The Hall–Kier alpha value is -2.62. The van der Waals surface area contributed by atoms with E-state index in [-0.39, 0.29) is 11.8 Å². The van der Waals surface area contributed by atoms with Crippen molar-refractivity contribution >= 4 is 11.8 Å². The summed E-state index contributed by atoms with van der Waals surface area (Å²) in [5.74, 6) is 2.25. The standard InChI is InChI=1S/C31H40N2O2/c1-22(2)16-24-17-29(34)33(21-24)31(30(35)32-15-13-23-8-4-3-5-9-23)14-12-27-18-25-10-6-7-11-26(25)19-28(27)20-31/h3-11,22,24,27-28H,12-21H2,1-2H3,(H,32,35)/t24-,27+,28+,31-/m1/s1. The number of hydrogen-bond acceptors (Lipinski definition) is 2. The van der Waals surface area contributed by atoms with Crippen LogP contribution in [0, 0.1) is 23.7 Å². The van der Waals surface area contributed by atoms with Gasteiger partial charge >= 0.3 is 0 Å². The van der Waals surface area contributed by atoms with Gasteiger partial charge in [0.1, 0.15) is 5.54 Å². The molecule has 1 N–H and O–H groups in total. The molecular weight excluding hydrogens is 432 g/mol. The molecule has 35 heavy (non-hydrogen) atoms. The summed E-state index contributed by atoms with van der Waals surface area (Å²) in [6.07, 6.45) is 7.18. The van der Waals surface area contributed by atoms with Gasteiger partial charge in [0.05, 0.1) is 0 Å². The molecule has 4 atom stereocenters. The number of hydrogen-bond donors (Lipinski definition) is 1. The van der Waals surface area contributed by atoms with Crippen molar-refractivity contribution in [2.24, 2.45) is 23.7 Å². The SMILES string of the molecule is CC(C)C[C@@H]1CC(=O)N([C@]2(C(=O)NCCc3ccccc3)CC[C@H]3Cc4ccccc4C[C@H]3C2)C1. The van der Waals surface area contributed by atoms with E-state index in [4.69, 9.17) is 0 Å². The molecule has 2 aromatic rings. The normalized spacial score (nSPS) is 28.0. The maximum atomic E-state index is 14.0. The van der Waals surface area contributed by atoms with Crippen LogP contribution in [0.15, 0.2) is 54.6 Å². The lowest BCUT2D eigenvalue weighted by Gasteiger charge is -2.50. The summed E-state index contributed by atoms with van der Waals surface area (Å²) in [6, 6.07) is 19.1. The van der Waals surface area contributed by atoms with Gasteiger partial charge in [-0.3, -0.25) is 9.59 Å². The molecule has 2 aromatic carbocycles. The second-order valence-electron chi connectivity index (χ2n) is 11.7. The number of carbonyl (C=O) groups is 2. The van der Waals surface area contributed by atoms with Crippen molar-refractivity contribution in [1.82, 2.24) is 10.2 Å². The minimum Gasteiger partial charge on any atom is -0.354 e. The summed E-state index contributed by atoms with van der Waals surface area (Å²) in [5.41, 5.74) is 3.43. The highest BCUT2D eigenvalue weighted by Gasteiger charge is 2.54. The van der Waals surface area contributed by atoms with Gasteiger partial charge in [0.2, 0.25) is 11.8 Å². The molecule has 0 bridgehead atoms. The van der Waals surface area contributed by atoms with E-state index in [0.29, 0.717) is 36.6 Å². The molecule has 2 amide bonds. The van der Waals surface area contributed by atoms with Crippen molar-refractivity contribution in [3.05, 3.63) is 71.3 Å². The van der Waals surface area contributed by atoms with E-state index in [9.17, 15) is 9.59 Å². The fourth-order valence-electron chi connectivity index (χ4n) is 7.11. The molecule has 0 aromatic heterocycles. The van der Waals surface area contributed by atoms with Crippen LogP contribution < -0.4 is 5.32 Å². The van der Waals surface area contributed by atoms with Crippen LogP contribution in [0.1, 0.15) is 62.6 Å². The van der Waals surface area contributed by atoms with Gasteiger partial charge in [-0.1, -0.05) is 68.4 Å². The lowest BCUT2D eigenvalue weighted by molar-refractivity contribution is -0.149. The lowest BCUT2D eigenvalue weighted by Crippen LogP contribution is -2.63. The number of likely N-dealkylation sites (tertiary alicyclic amines) is 1. The van der Waals surface area contributed by atoms with Crippen molar-refractivity contribution in [3.8, 4) is 0 Å². The van der Waals surface area contributed by atoms with Crippen LogP contribution in [-0.2, 0) is 28.9 Å². The highest BCUT2D eigenvalue weighted by molar-refractivity contribution is 5.92. The summed E-state index contributed by atoms with van der Waals surface area (Å²) < 4.78 is 0. The van der Waals surface area contributed by atoms with Crippen molar-refractivity contribution in [2.75, 3.05) is 13.1 Å². The average molecular weight is 473 g/mol. The Morgan fingerprint density at radius 2 is 1.69 bits per heavy atom. The van der Waals surface area contributed by atoms with Gasteiger partial charge in [-0.05, 0) is 85.3 Å². The van der Waals surface area contributed by atoms with Gasteiger partial charge < -0.3 is 10.2 Å². The Labute approximate surface area is 210 Å². The van der Waals surface area contributed by atoms with E-state index in [1.54, 1.807) is 0 Å². The van der Waals surface area contributed by atoms with Gasteiger partial charge in [0.25, 0.3) is 0 Å². The number of nitrogens with one attached hydrogen (secondary N) is 1. The molecule has 2 fully saturated rings. The first-order chi connectivity index (χ1) is 16.9. The first-order valence-corrected chi connectivity index (χ1v) is 13.6. The lowest BCUT2D eigenvalue weighted by atomic mass is 9.62. The fraction of sp³-hybridized carbons (Fsp3) is 0.548. The Balaban J connectivity index is 1.37. The van der Waals surface area contributed by atoms with Gasteiger partial charge in [0, 0.05) is 19.5 Å². The summed E-state index contributed by atoms with van der Waals surface area (Å²) in [4.78, 5) is 29.4. The second-order valence-corrected chi connectivity index (χ2v) is 11.7. The van der Waals surface area contributed by atoms with Crippen molar-refractivity contribution in [1.29, 1.82) is 0 Å². The predicted octanol–water partition coefficient (Wildman–Crippen LogP) is 5.19. The van der Waals surface area contributed by atoms with Crippen LogP contribution in [0.5, 0.6) is 0 Å². The summed E-state index contributed by atoms with van der Waals surface area (Å²) >= 11 is 0. The van der Waals surface area contributed by atoms with Crippen LogP contribution in [0.2, 0.25) is 0 Å². The first kappa shape index (κ1) is 24.1. The largest absolute Gasteiger partial charge is 0.354 e. The highest BCUT2D eigenvalue weighted by Crippen LogP contribution is 2.47. The molecule has 1 aliphatic heterocycles. The van der Waals surface area contributed by atoms with Crippen LogP contribution in [-0.4, -0.2) is 35.3 Å². The second kappa shape index (κ2) is 10.2. The predicted molar refractivity (Wildman–Crippen MR) is 140 cm³/mol. The average Bonchev–Trinajstić information content (AvgIpc) is 3.22. The Kier molecular flexibility index (Phi) is 7.00. The number of carbonyl (C=O) groups excluding carboxylic acids is 2. The van der Waals surface area contributed by atoms with Gasteiger partial charge in [0.15, 0.2) is 0 Å².